The molecule has 0 unspecified atom stereocenters. The number of fused-ring (bicyclic) bond motifs is 1. The molecule has 0 spiro atoms. The number of ether oxygens (including phenoxy) is 2. The summed E-state index contributed by atoms with van der Waals surface area (Å²) in [6.45, 7) is 1.81. The van der Waals surface area contributed by atoms with Gasteiger partial charge < -0.3 is 14.8 Å². The number of carbonyl (C=O) groups is 1. The molecule has 2 aromatic heterocycles. The van der Waals surface area contributed by atoms with Crippen LogP contribution in [0.5, 0.6) is 11.5 Å². The number of aromatic nitrogens is 3. The van der Waals surface area contributed by atoms with E-state index >= 15 is 0 Å². The first kappa shape index (κ1) is 16.5. The Morgan fingerprint density at radius 3 is 2.80 bits per heavy atom. The maximum absolute atomic E-state index is 12.2. The number of nitrogens with zero attached hydrogens (tertiary/aromatic N) is 3. The lowest BCUT2D eigenvalue weighted by molar-refractivity contribution is -0.111. The molecule has 0 saturated heterocycles. The van der Waals surface area contributed by atoms with Crippen LogP contribution in [0.3, 0.4) is 0 Å². The predicted molar refractivity (Wildman–Crippen MR) is 94.9 cm³/mol. The number of hydrogen-bond donors (Lipinski definition) is 1. The lowest BCUT2D eigenvalue weighted by atomic mass is 10.1. The molecule has 7 heteroatoms. The van der Waals surface area contributed by atoms with E-state index in [9.17, 15) is 4.79 Å². The lowest BCUT2D eigenvalue weighted by Gasteiger charge is -2.07. The van der Waals surface area contributed by atoms with E-state index in [1.54, 1.807) is 61.3 Å². The van der Waals surface area contributed by atoms with E-state index in [2.05, 4.69) is 15.4 Å². The number of rotatable bonds is 5. The Bertz CT molecular complexity index is 947. The zero-order chi connectivity index (χ0) is 17.8. The highest BCUT2D eigenvalue weighted by Crippen LogP contribution is 2.25. The van der Waals surface area contributed by atoms with Crippen molar-refractivity contribution in [2.75, 3.05) is 19.5 Å². The van der Waals surface area contributed by atoms with Gasteiger partial charge >= 0.3 is 0 Å². The van der Waals surface area contributed by atoms with Gasteiger partial charge in [0.1, 0.15) is 17.3 Å². The van der Waals surface area contributed by atoms with Crippen molar-refractivity contribution >= 4 is 23.3 Å². The van der Waals surface area contributed by atoms with Crippen molar-refractivity contribution < 1.29 is 14.3 Å². The summed E-state index contributed by atoms with van der Waals surface area (Å²) in [5.74, 6) is 1.76. The van der Waals surface area contributed by atoms with Crippen LogP contribution in [0, 0.1) is 6.92 Å². The molecule has 0 aliphatic carbocycles. The third kappa shape index (κ3) is 3.77. The molecule has 0 fully saturated rings. The summed E-state index contributed by atoms with van der Waals surface area (Å²) >= 11 is 0. The van der Waals surface area contributed by atoms with Crippen molar-refractivity contribution in [2.24, 2.45) is 0 Å². The molecule has 1 N–H and O–H groups in total. The smallest absolute Gasteiger partial charge is 0.248 e. The average molecular weight is 338 g/mol. The minimum absolute atomic E-state index is 0.263. The van der Waals surface area contributed by atoms with E-state index < -0.39 is 0 Å². The quantitative estimate of drug-likeness (QED) is 0.724. The van der Waals surface area contributed by atoms with Gasteiger partial charge in [-0.15, -0.1) is 0 Å². The second-order valence-electron chi connectivity index (χ2n) is 5.31. The van der Waals surface area contributed by atoms with Crippen molar-refractivity contribution in [3.63, 3.8) is 0 Å². The third-order valence-electron chi connectivity index (χ3n) is 3.56. The molecule has 0 aliphatic heterocycles. The van der Waals surface area contributed by atoms with Gasteiger partial charge in [-0.05, 0) is 43.3 Å². The largest absolute Gasteiger partial charge is 0.497 e. The molecule has 0 radical (unpaired) electrons. The van der Waals surface area contributed by atoms with Gasteiger partial charge in [0.15, 0.2) is 5.65 Å². The van der Waals surface area contributed by atoms with E-state index in [1.165, 1.54) is 6.08 Å². The Kier molecular flexibility index (Phi) is 4.65. The molecule has 2 heterocycles. The molecule has 0 bridgehead atoms. The zero-order valence-corrected chi connectivity index (χ0v) is 14.2. The monoisotopic (exact) mass is 338 g/mol. The number of nitrogens with one attached hydrogen (secondary N) is 1. The van der Waals surface area contributed by atoms with E-state index in [0.29, 0.717) is 23.0 Å². The summed E-state index contributed by atoms with van der Waals surface area (Å²) in [5.41, 5.74) is 2.11. The third-order valence-corrected chi connectivity index (χ3v) is 3.56. The Labute approximate surface area is 144 Å². The fourth-order valence-electron chi connectivity index (χ4n) is 2.39. The van der Waals surface area contributed by atoms with Crippen LogP contribution >= 0.6 is 0 Å². The van der Waals surface area contributed by atoms with Gasteiger partial charge in [0.05, 0.1) is 26.1 Å². The van der Waals surface area contributed by atoms with Crippen LogP contribution in [-0.2, 0) is 4.79 Å². The fraction of sp³-hybridized carbons (Fsp3) is 0.167. The van der Waals surface area contributed by atoms with Gasteiger partial charge in [0.25, 0.3) is 0 Å². The number of benzene rings is 1. The van der Waals surface area contributed by atoms with Gasteiger partial charge in [-0.25, -0.2) is 9.50 Å². The van der Waals surface area contributed by atoms with Crippen molar-refractivity contribution in [3.05, 3.63) is 54.0 Å². The fourth-order valence-corrected chi connectivity index (χ4v) is 2.39. The summed E-state index contributed by atoms with van der Waals surface area (Å²) in [7, 11) is 3.17. The Hall–Kier alpha value is -3.35. The van der Waals surface area contributed by atoms with E-state index in [-0.39, 0.29) is 5.91 Å². The molecule has 1 amide bonds. The van der Waals surface area contributed by atoms with E-state index in [1.807, 2.05) is 6.92 Å². The van der Waals surface area contributed by atoms with Crippen LogP contribution in [0.1, 0.15) is 11.4 Å². The van der Waals surface area contributed by atoms with Crippen molar-refractivity contribution in [1.29, 1.82) is 0 Å². The van der Waals surface area contributed by atoms with Crippen LogP contribution in [0.15, 0.2) is 42.6 Å². The molecule has 128 valence electrons. The summed E-state index contributed by atoms with van der Waals surface area (Å²) < 4.78 is 12.1. The SMILES string of the molecule is COc1ccc(OC)c(/C=C/C(=O)Nc2ccc3nc(C)nn3c2)c1. The van der Waals surface area contributed by atoms with E-state index in [4.69, 9.17) is 9.47 Å². The van der Waals surface area contributed by atoms with Crippen LogP contribution in [0.2, 0.25) is 0 Å². The second-order valence-corrected chi connectivity index (χ2v) is 5.31. The first-order valence-corrected chi connectivity index (χ1v) is 7.63. The highest BCUT2D eigenvalue weighted by Gasteiger charge is 2.05. The topological polar surface area (TPSA) is 77.8 Å². The maximum Gasteiger partial charge on any atom is 0.248 e. The lowest BCUT2D eigenvalue weighted by Crippen LogP contribution is -2.08. The molecule has 25 heavy (non-hydrogen) atoms. The Morgan fingerprint density at radius 2 is 2.04 bits per heavy atom. The summed E-state index contributed by atoms with van der Waals surface area (Å²) in [5, 5.41) is 7.02. The number of methoxy groups -OCH3 is 2. The maximum atomic E-state index is 12.2. The number of pyridine rings is 1. The van der Waals surface area contributed by atoms with Crippen LogP contribution < -0.4 is 14.8 Å². The number of hydrogen-bond acceptors (Lipinski definition) is 5. The first-order chi connectivity index (χ1) is 12.1. The van der Waals surface area contributed by atoms with Gasteiger partial charge in [-0.1, -0.05) is 0 Å². The average Bonchev–Trinajstić information content (AvgIpc) is 2.99. The number of carbonyl (C=O) groups excluding carboxylic acids is 1. The predicted octanol–water partition coefficient (Wildman–Crippen LogP) is 2.71. The molecular formula is C18H18N4O3. The normalized spacial score (nSPS) is 11.0. The Balaban J connectivity index is 1.75. The molecule has 3 aromatic rings. The van der Waals surface area contributed by atoms with Crippen LogP contribution in [0.4, 0.5) is 5.69 Å². The van der Waals surface area contributed by atoms with Crippen molar-refractivity contribution in [2.45, 2.75) is 6.92 Å². The highest BCUT2D eigenvalue weighted by molar-refractivity contribution is 6.02. The first-order valence-electron chi connectivity index (χ1n) is 7.63. The molecular weight excluding hydrogens is 320 g/mol. The molecule has 7 nitrogen and oxygen atoms in total. The molecule has 0 aliphatic rings. The van der Waals surface area contributed by atoms with Gasteiger partial charge in [0, 0.05) is 11.6 Å². The number of anilines is 1. The zero-order valence-electron chi connectivity index (χ0n) is 14.2. The Morgan fingerprint density at radius 1 is 1.20 bits per heavy atom. The summed E-state index contributed by atoms with van der Waals surface area (Å²) in [4.78, 5) is 16.4. The van der Waals surface area contributed by atoms with Crippen LogP contribution in [0.25, 0.3) is 11.7 Å². The highest BCUT2D eigenvalue weighted by atomic mass is 16.5. The molecule has 1 aromatic carbocycles. The number of aryl methyl sites for hydroxylation is 1. The van der Waals surface area contributed by atoms with Gasteiger partial charge in [-0.2, -0.15) is 5.10 Å². The minimum Gasteiger partial charge on any atom is -0.497 e. The molecule has 3 rings (SSSR count). The molecule has 0 saturated carbocycles. The standard InChI is InChI=1S/C18H18N4O3/c1-12-19-17-8-5-14(11-22(17)21-12)20-18(23)9-4-13-10-15(24-2)6-7-16(13)25-3/h4-11H,1-3H3,(H,20,23)/b9-4+. The summed E-state index contributed by atoms with van der Waals surface area (Å²) in [6.07, 6.45) is 4.83. The second kappa shape index (κ2) is 7.04. The minimum atomic E-state index is -0.263. The molecule has 0 atom stereocenters. The van der Waals surface area contributed by atoms with Crippen LogP contribution in [-0.4, -0.2) is 34.7 Å². The number of amides is 1. The van der Waals surface area contributed by atoms with Crippen molar-refractivity contribution in [1.82, 2.24) is 14.6 Å². The van der Waals surface area contributed by atoms with E-state index in [0.717, 1.165) is 11.2 Å². The van der Waals surface area contributed by atoms with Crippen molar-refractivity contribution in [3.8, 4) is 11.5 Å². The van der Waals surface area contributed by atoms with Gasteiger partial charge in [0.2, 0.25) is 5.91 Å². The summed E-state index contributed by atoms with van der Waals surface area (Å²) in [6, 6.07) is 8.96. The van der Waals surface area contributed by atoms with Gasteiger partial charge in [-0.3, -0.25) is 4.79 Å².